The average molecular weight is 273 g/mol. The lowest BCUT2D eigenvalue weighted by Gasteiger charge is -2.21. The van der Waals surface area contributed by atoms with Crippen LogP contribution in [0.5, 0.6) is 0 Å². The molecule has 0 aliphatic heterocycles. The molecule has 3 nitrogen and oxygen atoms in total. The van der Waals surface area contributed by atoms with Crippen LogP contribution in [0.2, 0.25) is 0 Å². The molecule has 20 heavy (non-hydrogen) atoms. The van der Waals surface area contributed by atoms with Crippen molar-refractivity contribution in [3.05, 3.63) is 65.7 Å². The van der Waals surface area contributed by atoms with Crippen LogP contribution in [0.1, 0.15) is 11.1 Å². The van der Waals surface area contributed by atoms with Gasteiger partial charge in [0.2, 0.25) is 0 Å². The highest BCUT2D eigenvalue weighted by Crippen LogP contribution is 2.07. The largest absolute Gasteiger partial charge is 0.329 e. The van der Waals surface area contributed by atoms with Crippen LogP contribution in [-0.2, 0) is 13.0 Å². The van der Waals surface area contributed by atoms with Crippen molar-refractivity contribution in [1.29, 1.82) is 0 Å². The van der Waals surface area contributed by atoms with E-state index in [1.807, 2.05) is 18.2 Å². The Morgan fingerprint density at radius 1 is 1.05 bits per heavy atom. The summed E-state index contributed by atoms with van der Waals surface area (Å²) in [6.45, 7) is 2.97. The molecule has 0 atom stereocenters. The van der Waals surface area contributed by atoms with Gasteiger partial charge in [-0.3, -0.25) is 9.88 Å². The van der Waals surface area contributed by atoms with Gasteiger partial charge in [-0.25, -0.2) is 4.39 Å². The maximum Gasteiger partial charge on any atom is 0.141 e. The number of hydrogen-bond donors (Lipinski definition) is 1. The SMILES string of the molecule is NCCN(CCc1ccccc1)Cc1cncc(F)c1. The first-order valence-electron chi connectivity index (χ1n) is 6.83. The number of rotatable bonds is 7. The molecule has 1 aromatic heterocycles. The van der Waals surface area contributed by atoms with Crippen molar-refractivity contribution in [3.8, 4) is 0 Å². The molecule has 0 saturated heterocycles. The van der Waals surface area contributed by atoms with E-state index in [1.54, 1.807) is 6.20 Å². The second kappa shape index (κ2) is 7.72. The van der Waals surface area contributed by atoms with Gasteiger partial charge in [-0.1, -0.05) is 30.3 Å². The fourth-order valence-corrected chi connectivity index (χ4v) is 2.18. The van der Waals surface area contributed by atoms with Crippen LogP contribution >= 0.6 is 0 Å². The summed E-state index contributed by atoms with van der Waals surface area (Å²) >= 11 is 0. The molecule has 0 bridgehead atoms. The maximum absolute atomic E-state index is 13.1. The first kappa shape index (κ1) is 14.6. The summed E-state index contributed by atoms with van der Waals surface area (Å²) < 4.78 is 13.1. The van der Waals surface area contributed by atoms with Crippen molar-refractivity contribution >= 4 is 0 Å². The average Bonchev–Trinajstić information content (AvgIpc) is 2.46. The van der Waals surface area contributed by atoms with Crippen LogP contribution < -0.4 is 5.73 Å². The number of pyridine rings is 1. The number of hydrogen-bond acceptors (Lipinski definition) is 3. The monoisotopic (exact) mass is 273 g/mol. The summed E-state index contributed by atoms with van der Waals surface area (Å²) in [5, 5.41) is 0. The summed E-state index contributed by atoms with van der Waals surface area (Å²) in [4.78, 5) is 6.11. The molecular formula is C16H20FN3. The van der Waals surface area contributed by atoms with E-state index >= 15 is 0 Å². The van der Waals surface area contributed by atoms with Gasteiger partial charge in [0.25, 0.3) is 0 Å². The Labute approximate surface area is 119 Å². The van der Waals surface area contributed by atoms with E-state index in [9.17, 15) is 4.39 Å². The van der Waals surface area contributed by atoms with Crippen LogP contribution in [0, 0.1) is 5.82 Å². The van der Waals surface area contributed by atoms with Gasteiger partial charge in [0, 0.05) is 32.4 Å². The Bertz CT molecular complexity index is 516. The van der Waals surface area contributed by atoms with E-state index in [4.69, 9.17) is 5.73 Å². The highest BCUT2D eigenvalue weighted by atomic mass is 19.1. The van der Waals surface area contributed by atoms with E-state index in [-0.39, 0.29) is 5.82 Å². The minimum absolute atomic E-state index is 0.293. The second-order valence-corrected chi connectivity index (χ2v) is 4.81. The Morgan fingerprint density at radius 2 is 1.85 bits per heavy atom. The predicted molar refractivity (Wildman–Crippen MR) is 78.7 cm³/mol. The summed E-state index contributed by atoms with van der Waals surface area (Å²) in [5.41, 5.74) is 7.83. The van der Waals surface area contributed by atoms with E-state index in [2.05, 4.69) is 22.0 Å². The molecule has 0 radical (unpaired) electrons. The van der Waals surface area contributed by atoms with Crippen molar-refractivity contribution in [2.24, 2.45) is 5.73 Å². The molecule has 1 heterocycles. The molecule has 0 unspecified atom stereocenters. The predicted octanol–water partition coefficient (Wildman–Crippen LogP) is 2.22. The highest BCUT2D eigenvalue weighted by molar-refractivity contribution is 5.15. The lowest BCUT2D eigenvalue weighted by atomic mass is 10.1. The molecule has 2 aromatic rings. The van der Waals surface area contributed by atoms with Crippen molar-refractivity contribution < 1.29 is 4.39 Å². The van der Waals surface area contributed by atoms with E-state index in [0.29, 0.717) is 13.1 Å². The van der Waals surface area contributed by atoms with Crippen molar-refractivity contribution in [2.75, 3.05) is 19.6 Å². The molecule has 0 aliphatic rings. The van der Waals surface area contributed by atoms with Gasteiger partial charge in [-0.2, -0.15) is 0 Å². The van der Waals surface area contributed by atoms with Gasteiger partial charge in [-0.05, 0) is 23.6 Å². The fourth-order valence-electron chi connectivity index (χ4n) is 2.18. The molecule has 0 saturated carbocycles. The quantitative estimate of drug-likeness (QED) is 0.841. The Balaban J connectivity index is 1.93. The summed E-state index contributed by atoms with van der Waals surface area (Å²) in [6.07, 6.45) is 3.89. The number of aromatic nitrogens is 1. The second-order valence-electron chi connectivity index (χ2n) is 4.81. The van der Waals surface area contributed by atoms with Crippen molar-refractivity contribution in [1.82, 2.24) is 9.88 Å². The molecule has 0 spiro atoms. The fraction of sp³-hybridized carbons (Fsp3) is 0.312. The van der Waals surface area contributed by atoms with E-state index < -0.39 is 0 Å². The number of benzene rings is 1. The lowest BCUT2D eigenvalue weighted by Crippen LogP contribution is -2.31. The minimum Gasteiger partial charge on any atom is -0.329 e. The molecule has 106 valence electrons. The molecule has 4 heteroatoms. The van der Waals surface area contributed by atoms with Gasteiger partial charge in [0.05, 0.1) is 6.20 Å². The van der Waals surface area contributed by atoms with Crippen LogP contribution in [0.3, 0.4) is 0 Å². The van der Waals surface area contributed by atoms with Crippen LogP contribution in [0.15, 0.2) is 48.8 Å². The topological polar surface area (TPSA) is 42.1 Å². The molecule has 0 aliphatic carbocycles. The smallest absolute Gasteiger partial charge is 0.141 e. The first-order chi connectivity index (χ1) is 9.78. The van der Waals surface area contributed by atoms with E-state index in [0.717, 1.165) is 25.1 Å². The minimum atomic E-state index is -0.293. The lowest BCUT2D eigenvalue weighted by molar-refractivity contribution is 0.275. The third kappa shape index (κ3) is 4.72. The Hall–Kier alpha value is -1.78. The maximum atomic E-state index is 13.1. The van der Waals surface area contributed by atoms with Crippen molar-refractivity contribution in [3.63, 3.8) is 0 Å². The van der Waals surface area contributed by atoms with Gasteiger partial charge in [0.15, 0.2) is 0 Å². The summed E-state index contributed by atoms with van der Waals surface area (Å²) in [6, 6.07) is 11.9. The Morgan fingerprint density at radius 3 is 2.55 bits per heavy atom. The number of halogens is 1. The zero-order valence-corrected chi connectivity index (χ0v) is 11.5. The van der Waals surface area contributed by atoms with E-state index in [1.165, 1.54) is 17.8 Å². The van der Waals surface area contributed by atoms with Gasteiger partial charge in [0.1, 0.15) is 5.82 Å². The summed E-state index contributed by atoms with van der Waals surface area (Å²) in [7, 11) is 0. The number of nitrogens with two attached hydrogens (primary N) is 1. The standard InChI is InChI=1S/C16H20FN3/c17-16-10-15(11-19-12-16)13-20(9-7-18)8-6-14-4-2-1-3-5-14/h1-5,10-12H,6-9,13,18H2. The normalized spacial score (nSPS) is 10.9. The first-order valence-corrected chi connectivity index (χ1v) is 6.83. The van der Waals surface area contributed by atoms with Crippen LogP contribution in [-0.4, -0.2) is 29.5 Å². The molecule has 0 amide bonds. The molecule has 2 N–H and O–H groups in total. The zero-order chi connectivity index (χ0) is 14.2. The zero-order valence-electron chi connectivity index (χ0n) is 11.5. The third-order valence-electron chi connectivity index (χ3n) is 3.17. The molecule has 2 rings (SSSR count). The van der Waals surface area contributed by atoms with Crippen molar-refractivity contribution in [2.45, 2.75) is 13.0 Å². The molecular weight excluding hydrogens is 253 g/mol. The van der Waals surface area contributed by atoms with Crippen LogP contribution in [0.4, 0.5) is 4.39 Å². The summed E-state index contributed by atoms with van der Waals surface area (Å²) in [5.74, 6) is -0.293. The number of nitrogens with zero attached hydrogens (tertiary/aromatic N) is 2. The third-order valence-corrected chi connectivity index (χ3v) is 3.17. The Kier molecular flexibility index (Phi) is 5.65. The highest BCUT2D eigenvalue weighted by Gasteiger charge is 2.06. The van der Waals surface area contributed by atoms with Gasteiger partial charge < -0.3 is 5.73 Å². The van der Waals surface area contributed by atoms with Gasteiger partial charge >= 0.3 is 0 Å². The van der Waals surface area contributed by atoms with Crippen LogP contribution in [0.25, 0.3) is 0 Å². The van der Waals surface area contributed by atoms with Gasteiger partial charge in [-0.15, -0.1) is 0 Å². The molecule has 1 aromatic carbocycles. The molecule has 0 fully saturated rings.